The van der Waals surface area contributed by atoms with Gasteiger partial charge in [-0.05, 0) is 64.0 Å². The van der Waals surface area contributed by atoms with Gasteiger partial charge in [0.05, 0.1) is 30.4 Å². The summed E-state index contributed by atoms with van der Waals surface area (Å²) in [5.41, 5.74) is 4.12. The Morgan fingerprint density at radius 3 is 2.87 bits per heavy atom. The lowest BCUT2D eigenvalue weighted by Gasteiger charge is -2.13. The summed E-state index contributed by atoms with van der Waals surface area (Å²) in [5, 5.41) is 11.7. The van der Waals surface area contributed by atoms with Gasteiger partial charge in [0, 0.05) is 36.6 Å². The molecule has 8 heteroatoms. The normalized spacial score (nSPS) is 10.9. The fourth-order valence-corrected chi connectivity index (χ4v) is 3.72. The Bertz CT molecular complexity index is 1210. The van der Waals surface area contributed by atoms with E-state index in [4.69, 9.17) is 4.74 Å². The van der Waals surface area contributed by atoms with Gasteiger partial charge in [-0.1, -0.05) is 12.1 Å². The predicted molar refractivity (Wildman–Crippen MR) is 125 cm³/mol. The summed E-state index contributed by atoms with van der Waals surface area (Å²) in [7, 11) is 1.67. The lowest BCUT2D eigenvalue weighted by atomic mass is 10.1. The minimum absolute atomic E-state index is 0.176. The number of carbonyl (C=O) groups is 1. The largest absolute Gasteiger partial charge is 0.383 e. The molecule has 0 aliphatic heterocycles. The molecule has 0 aliphatic rings. The van der Waals surface area contributed by atoms with Gasteiger partial charge in [-0.2, -0.15) is 5.10 Å². The number of nitrogens with zero attached hydrogens (tertiary/aromatic N) is 3. The van der Waals surface area contributed by atoms with Crippen molar-refractivity contribution in [3.05, 3.63) is 82.7 Å². The Labute approximate surface area is 188 Å². The zero-order valence-corrected chi connectivity index (χ0v) is 18.6. The second kappa shape index (κ2) is 9.72. The molecule has 2 N–H and O–H groups in total. The van der Waals surface area contributed by atoms with Crippen LogP contribution in [0, 0.1) is 0 Å². The number of fused-ring (bicyclic) bond motifs is 1. The van der Waals surface area contributed by atoms with Gasteiger partial charge in [0.1, 0.15) is 4.60 Å². The zero-order chi connectivity index (χ0) is 21.6. The van der Waals surface area contributed by atoms with Crippen LogP contribution in [0.25, 0.3) is 10.9 Å². The first-order valence-electron chi connectivity index (χ1n) is 9.83. The van der Waals surface area contributed by atoms with E-state index >= 15 is 0 Å². The van der Waals surface area contributed by atoms with E-state index in [1.165, 1.54) is 0 Å². The summed E-state index contributed by atoms with van der Waals surface area (Å²) >= 11 is 3.38. The van der Waals surface area contributed by atoms with Gasteiger partial charge in [-0.15, -0.1) is 0 Å². The number of nitrogens with one attached hydrogen (secondary N) is 2. The maximum absolute atomic E-state index is 13.0. The van der Waals surface area contributed by atoms with E-state index in [0.29, 0.717) is 25.3 Å². The number of amides is 1. The molecule has 7 nitrogen and oxygen atoms in total. The van der Waals surface area contributed by atoms with E-state index in [1.807, 2.05) is 53.2 Å². The van der Waals surface area contributed by atoms with Crippen molar-refractivity contribution in [2.75, 3.05) is 24.4 Å². The molecule has 4 aromatic rings. The molecule has 0 aliphatic carbocycles. The Morgan fingerprint density at radius 2 is 2.03 bits per heavy atom. The number of benzene rings is 2. The Balaban J connectivity index is 1.48. The van der Waals surface area contributed by atoms with E-state index in [9.17, 15) is 4.79 Å². The van der Waals surface area contributed by atoms with Crippen LogP contribution >= 0.6 is 15.9 Å². The highest BCUT2D eigenvalue weighted by Crippen LogP contribution is 2.22. The molecule has 2 aromatic heterocycles. The Hall–Kier alpha value is -3.23. The highest BCUT2D eigenvalue weighted by molar-refractivity contribution is 9.10. The molecule has 0 fully saturated rings. The number of pyridine rings is 1. The van der Waals surface area contributed by atoms with Crippen LogP contribution in [0.5, 0.6) is 0 Å². The third-order valence-corrected chi connectivity index (χ3v) is 5.29. The number of anilines is 2. The molecule has 0 bridgehead atoms. The second-order valence-corrected chi connectivity index (χ2v) is 7.79. The lowest BCUT2D eigenvalue weighted by Crippen LogP contribution is -2.14. The molecule has 0 atom stereocenters. The van der Waals surface area contributed by atoms with Crippen molar-refractivity contribution >= 4 is 44.1 Å². The average molecular weight is 480 g/mol. The van der Waals surface area contributed by atoms with Gasteiger partial charge in [-0.25, -0.2) is 4.98 Å². The number of hydrogen-bond acceptors (Lipinski definition) is 5. The smallest absolute Gasteiger partial charge is 0.257 e. The van der Waals surface area contributed by atoms with Crippen LogP contribution in [-0.4, -0.2) is 34.4 Å². The van der Waals surface area contributed by atoms with Crippen molar-refractivity contribution in [3.63, 3.8) is 0 Å². The van der Waals surface area contributed by atoms with Crippen LogP contribution in [0.15, 0.2) is 71.6 Å². The van der Waals surface area contributed by atoms with Crippen molar-refractivity contribution in [2.24, 2.45) is 0 Å². The summed E-state index contributed by atoms with van der Waals surface area (Å²) in [6, 6.07) is 17.1. The zero-order valence-electron chi connectivity index (χ0n) is 17.0. The van der Waals surface area contributed by atoms with Crippen LogP contribution in [-0.2, 0) is 17.8 Å². The third-order valence-electron chi connectivity index (χ3n) is 4.85. The van der Waals surface area contributed by atoms with Gasteiger partial charge in [0.25, 0.3) is 5.91 Å². The average Bonchev–Trinajstić information content (AvgIpc) is 3.18. The maximum atomic E-state index is 13.0. The number of carbonyl (C=O) groups excluding carboxylic acids is 1. The van der Waals surface area contributed by atoms with Gasteiger partial charge in [0.15, 0.2) is 0 Å². The van der Waals surface area contributed by atoms with E-state index < -0.39 is 0 Å². The summed E-state index contributed by atoms with van der Waals surface area (Å²) in [6.45, 7) is 1.85. The number of para-hydroxylation sites is 1. The van der Waals surface area contributed by atoms with Crippen LogP contribution in [0.2, 0.25) is 0 Å². The summed E-state index contributed by atoms with van der Waals surface area (Å²) < 4.78 is 7.79. The lowest BCUT2D eigenvalue weighted by molar-refractivity contribution is 0.102. The van der Waals surface area contributed by atoms with E-state index in [1.54, 1.807) is 25.6 Å². The number of aromatic nitrogens is 3. The second-order valence-electron chi connectivity index (χ2n) is 6.97. The first-order chi connectivity index (χ1) is 15.1. The molecule has 2 heterocycles. The van der Waals surface area contributed by atoms with Crippen LogP contribution in [0.3, 0.4) is 0 Å². The fraction of sp³-hybridized carbons (Fsp3) is 0.174. The van der Waals surface area contributed by atoms with Gasteiger partial charge < -0.3 is 15.4 Å². The van der Waals surface area contributed by atoms with E-state index in [-0.39, 0.29) is 5.91 Å². The standard InChI is InChI=1S/C23H22BrN5O2/c1-31-11-10-29-21-7-6-18(13-17(21)15-27-29)28-23(30)19-4-2-3-5-20(19)26-14-16-8-9-25-22(24)12-16/h2-9,12-13,15,26H,10-11,14H2,1H3,(H,28,30). The highest BCUT2D eigenvalue weighted by atomic mass is 79.9. The van der Waals surface area contributed by atoms with Crippen LogP contribution in [0.1, 0.15) is 15.9 Å². The first kappa shape index (κ1) is 21.0. The van der Waals surface area contributed by atoms with Gasteiger partial charge in [0.2, 0.25) is 0 Å². The highest BCUT2D eigenvalue weighted by Gasteiger charge is 2.12. The summed E-state index contributed by atoms with van der Waals surface area (Å²) in [4.78, 5) is 17.1. The summed E-state index contributed by atoms with van der Waals surface area (Å²) in [6.07, 6.45) is 3.54. The number of methoxy groups -OCH3 is 1. The molecule has 0 unspecified atom stereocenters. The summed E-state index contributed by atoms with van der Waals surface area (Å²) in [5.74, 6) is -0.176. The Morgan fingerprint density at radius 1 is 1.16 bits per heavy atom. The van der Waals surface area contributed by atoms with Gasteiger partial charge in [-0.3, -0.25) is 9.48 Å². The molecule has 4 rings (SSSR count). The van der Waals surface area contributed by atoms with E-state index in [2.05, 4.69) is 36.6 Å². The number of ether oxygens (including phenoxy) is 1. The molecule has 0 radical (unpaired) electrons. The van der Waals surface area contributed by atoms with Crippen molar-refractivity contribution in [2.45, 2.75) is 13.1 Å². The third kappa shape index (κ3) is 5.10. The molecule has 1 amide bonds. The van der Waals surface area contributed by atoms with Crippen molar-refractivity contribution < 1.29 is 9.53 Å². The topological polar surface area (TPSA) is 81.1 Å². The van der Waals surface area contributed by atoms with Crippen molar-refractivity contribution in [3.8, 4) is 0 Å². The van der Waals surface area contributed by atoms with Crippen molar-refractivity contribution in [1.82, 2.24) is 14.8 Å². The monoisotopic (exact) mass is 479 g/mol. The minimum Gasteiger partial charge on any atom is -0.383 e. The molecular weight excluding hydrogens is 458 g/mol. The molecular formula is C23H22BrN5O2. The van der Waals surface area contributed by atoms with Crippen LogP contribution in [0.4, 0.5) is 11.4 Å². The molecule has 0 saturated carbocycles. The van der Waals surface area contributed by atoms with Crippen molar-refractivity contribution in [1.29, 1.82) is 0 Å². The quantitative estimate of drug-likeness (QED) is 0.357. The fourth-order valence-electron chi connectivity index (χ4n) is 3.30. The number of hydrogen-bond donors (Lipinski definition) is 2. The van der Waals surface area contributed by atoms with E-state index in [0.717, 1.165) is 32.4 Å². The predicted octanol–water partition coefficient (Wildman–Crippen LogP) is 4.70. The molecule has 158 valence electrons. The minimum atomic E-state index is -0.176. The molecule has 31 heavy (non-hydrogen) atoms. The number of rotatable bonds is 8. The maximum Gasteiger partial charge on any atom is 0.257 e. The number of halogens is 1. The molecule has 0 saturated heterocycles. The van der Waals surface area contributed by atoms with Gasteiger partial charge >= 0.3 is 0 Å². The first-order valence-corrected chi connectivity index (χ1v) is 10.6. The molecule has 2 aromatic carbocycles. The van der Waals surface area contributed by atoms with Crippen LogP contribution < -0.4 is 10.6 Å². The molecule has 0 spiro atoms. The Kier molecular flexibility index (Phi) is 6.59. The SMILES string of the molecule is COCCn1ncc2cc(NC(=O)c3ccccc3NCc3ccnc(Br)c3)ccc21.